The molecule has 1 aromatic carbocycles. The summed E-state index contributed by atoms with van der Waals surface area (Å²) in [7, 11) is 0. The van der Waals surface area contributed by atoms with Crippen LogP contribution in [-0.2, 0) is 27.2 Å². The molecule has 1 aromatic rings. The minimum absolute atomic E-state index is 0.305. The van der Waals surface area contributed by atoms with Crippen molar-refractivity contribution in [3.8, 4) is 11.5 Å². The fourth-order valence-electron chi connectivity index (χ4n) is 2.53. The molecule has 0 fully saturated rings. The van der Waals surface area contributed by atoms with Gasteiger partial charge in [0, 0.05) is 6.61 Å². The molecule has 0 aromatic heterocycles. The van der Waals surface area contributed by atoms with Crippen molar-refractivity contribution in [3.63, 3.8) is 0 Å². The number of fused-ring (bicyclic) bond motifs is 1. The average Bonchev–Trinajstić information content (AvgIpc) is 3.17. The number of benzene rings is 1. The highest BCUT2D eigenvalue weighted by Gasteiger charge is 2.16. The Balaban J connectivity index is 0.000000749. The molecule has 0 spiro atoms. The molecule has 1 aliphatic heterocycles. The topological polar surface area (TPSA) is 46.2 Å². The van der Waals surface area contributed by atoms with Crippen LogP contribution in [0, 0.1) is 5.92 Å². The van der Waals surface area contributed by atoms with Gasteiger partial charge in [-0.05, 0) is 36.1 Å². The fraction of sp³-hybridized carbons (Fsp3) is 0.739. The monoisotopic (exact) mass is 424 g/mol. The lowest BCUT2D eigenvalue weighted by atomic mass is 10.0. The van der Waals surface area contributed by atoms with Crippen molar-refractivity contribution in [1.82, 2.24) is 0 Å². The standard InChI is InChI=1S/C19H30O5.C4H9.Al.2H/c1-3-5-7-20-8-9-21-10-11-22-14-17-13-19-18(23-15-24-19)12-16(17)6-4-2;1-4(2)3;;;/h12-13H,3-11,14-15H2,1-2H3;4H,1H2,2-3H3;;;. The van der Waals surface area contributed by atoms with Crippen molar-refractivity contribution in [2.24, 2.45) is 5.92 Å². The maximum absolute atomic E-state index is 5.75. The summed E-state index contributed by atoms with van der Waals surface area (Å²) in [5.74, 6) is 2.60. The number of ether oxygens (including phenoxy) is 5. The molecule has 0 saturated carbocycles. The van der Waals surface area contributed by atoms with Gasteiger partial charge >= 0.3 is 0 Å². The van der Waals surface area contributed by atoms with E-state index in [1.807, 2.05) is 6.07 Å². The second kappa shape index (κ2) is 17.0. The quantitative estimate of drug-likeness (QED) is 0.327. The first-order valence-electron chi connectivity index (χ1n) is 11.3. The Hall–Kier alpha value is -0.768. The SMILES string of the molecule is CC(C)[CH2][AlH2].CCCCOCCOCCOCc1cc2c(cc1CCC)OCO2. The minimum Gasteiger partial charge on any atom is -0.454 e. The van der Waals surface area contributed by atoms with Crippen LogP contribution in [0.15, 0.2) is 12.1 Å². The van der Waals surface area contributed by atoms with Crippen LogP contribution in [0.5, 0.6) is 11.5 Å². The summed E-state index contributed by atoms with van der Waals surface area (Å²) in [5, 5.41) is 1.44. The van der Waals surface area contributed by atoms with Gasteiger partial charge in [-0.1, -0.05) is 51.7 Å². The zero-order valence-electron chi connectivity index (χ0n) is 19.3. The summed E-state index contributed by atoms with van der Waals surface area (Å²) in [6.07, 6.45) is 4.38. The van der Waals surface area contributed by atoms with Crippen LogP contribution in [0.4, 0.5) is 0 Å². The summed E-state index contributed by atoms with van der Waals surface area (Å²) in [4.78, 5) is 0. The molecular formula is C23H41AlO5. The Morgan fingerprint density at radius 3 is 1.97 bits per heavy atom. The molecule has 5 nitrogen and oxygen atoms in total. The fourth-order valence-corrected chi connectivity index (χ4v) is 2.53. The van der Waals surface area contributed by atoms with Crippen LogP contribution < -0.4 is 9.47 Å². The van der Waals surface area contributed by atoms with Crippen LogP contribution in [-0.4, -0.2) is 56.1 Å². The van der Waals surface area contributed by atoms with E-state index in [0.29, 0.717) is 39.8 Å². The molecule has 0 radical (unpaired) electrons. The lowest BCUT2D eigenvalue weighted by Crippen LogP contribution is -2.10. The van der Waals surface area contributed by atoms with E-state index in [0.717, 1.165) is 49.7 Å². The van der Waals surface area contributed by atoms with Crippen molar-refractivity contribution in [2.45, 2.75) is 65.3 Å². The molecule has 166 valence electrons. The molecule has 1 aliphatic rings. The van der Waals surface area contributed by atoms with Crippen LogP contribution in [0.1, 0.15) is 58.1 Å². The van der Waals surface area contributed by atoms with E-state index in [1.165, 1.54) is 32.7 Å². The summed E-state index contributed by atoms with van der Waals surface area (Å²) in [6, 6.07) is 4.12. The number of hydrogen-bond donors (Lipinski definition) is 0. The maximum Gasteiger partial charge on any atom is 0.231 e. The van der Waals surface area contributed by atoms with Crippen molar-refractivity contribution in [2.75, 3.05) is 39.8 Å². The molecule has 1 heterocycles. The average molecular weight is 425 g/mol. The first-order valence-corrected chi connectivity index (χ1v) is 12.7. The van der Waals surface area contributed by atoms with Crippen molar-refractivity contribution >= 4 is 16.3 Å². The van der Waals surface area contributed by atoms with Gasteiger partial charge in [-0.3, -0.25) is 0 Å². The molecule has 0 amide bonds. The predicted octanol–water partition coefficient (Wildman–Crippen LogP) is 4.41. The largest absolute Gasteiger partial charge is 0.454 e. The zero-order chi connectivity index (χ0) is 21.3. The van der Waals surface area contributed by atoms with E-state index < -0.39 is 0 Å². The Morgan fingerprint density at radius 1 is 0.862 bits per heavy atom. The molecule has 0 atom stereocenters. The second-order valence-corrected chi connectivity index (χ2v) is 8.47. The summed E-state index contributed by atoms with van der Waals surface area (Å²) >= 11 is 1.37. The molecule has 0 aliphatic carbocycles. The Morgan fingerprint density at radius 2 is 1.41 bits per heavy atom. The van der Waals surface area contributed by atoms with Gasteiger partial charge in [-0.25, -0.2) is 0 Å². The summed E-state index contributed by atoms with van der Waals surface area (Å²) in [5.41, 5.74) is 2.44. The van der Waals surface area contributed by atoms with E-state index >= 15 is 0 Å². The van der Waals surface area contributed by atoms with E-state index in [2.05, 4.69) is 33.8 Å². The van der Waals surface area contributed by atoms with Gasteiger partial charge < -0.3 is 23.7 Å². The van der Waals surface area contributed by atoms with Crippen molar-refractivity contribution in [3.05, 3.63) is 23.3 Å². The van der Waals surface area contributed by atoms with Gasteiger partial charge in [0.05, 0.1) is 33.0 Å². The maximum atomic E-state index is 5.75. The van der Waals surface area contributed by atoms with E-state index in [4.69, 9.17) is 23.7 Å². The van der Waals surface area contributed by atoms with Crippen LogP contribution in [0.3, 0.4) is 0 Å². The molecular weight excluding hydrogens is 383 g/mol. The first kappa shape index (κ1) is 26.3. The highest BCUT2D eigenvalue weighted by Crippen LogP contribution is 2.35. The third-order valence-corrected chi connectivity index (χ3v) is 6.31. The lowest BCUT2D eigenvalue weighted by Gasteiger charge is -2.11. The minimum atomic E-state index is 0.305. The first-order chi connectivity index (χ1) is 14.1. The molecule has 0 unspecified atom stereocenters. The molecule has 29 heavy (non-hydrogen) atoms. The molecule has 0 N–H and O–H groups in total. The van der Waals surface area contributed by atoms with E-state index in [-0.39, 0.29) is 0 Å². The van der Waals surface area contributed by atoms with Gasteiger partial charge in [0.1, 0.15) is 0 Å². The van der Waals surface area contributed by atoms with Gasteiger partial charge in [0.25, 0.3) is 0 Å². The summed E-state index contributed by atoms with van der Waals surface area (Å²) < 4.78 is 27.6. The van der Waals surface area contributed by atoms with Gasteiger partial charge in [0.2, 0.25) is 23.1 Å². The molecule has 6 heteroatoms. The number of aryl methyl sites for hydroxylation is 1. The van der Waals surface area contributed by atoms with E-state index in [9.17, 15) is 0 Å². The van der Waals surface area contributed by atoms with Crippen LogP contribution in [0.25, 0.3) is 0 Å². The Labute approximate surface area is 185 Å². The highest BCUT2D eigenvalue weighted by atomic mass is 27.0. The third-order valence-electron chi connectivity index (χ3n) is 4.67. The van der Waals surface area contributed by atoms with Crippen LogP contribution >= 0.6 is 0 Å². The number of unbranched alkanes of at least 4 members (excludes halogenated alkanes) is 1. The third kappa shape index (κ3) is 11.9. The normalized spacial score (nSPS) is 12.2. The molecule has 2 rings (SSSR count). The highest BCUT2D eigenvalue weighted by molar-refractivity contribution is 6.08. The lowest BCUT2D eigenvalue weighted by molar-refractivity contribution is 0.0101. The number of hydrogen-bond acceptors (Lipinski definition) is 5. The van der Waals surface area contributed by atoms with Crippen molar-refractivity contribution in [1.29, 1.82) is 0 Å². The molecule has 0 bridgehead atoms. The zero-order valence-corrected chi connectivity index (χ0v) is 21.3. The smallest absolute Gasteiger partial charge is 0.231 e. The van der Waals surface area contributed by atoms with E-state index in [1.54, 1.807) is 0 Å². The number of rotatable bonds is 14. The second-order valence-electron chi connectivity index (χ2n) is 7.66. The molecule has 0 saturated heterocycles. The summed E-state index contributed by atoms with van der Waals surface area (Å²) in [6.45, 7) is 13.0. The van der Waals surface area contributed by atoms with Crippen molar-refractivity contribution < 1.29 is 23.7 Å². The predicted molar refractivity (Wildman–Crippen MR) is 121 cm³/mol. The Kier molecular flexibility index (Phi) is 15.4. The van der Waals surface area contributed by atoms with Gasteiger partial charge in [0.15, 0.2) is 11.5 Å². The van der Waals surface area contributed by atoms with Crippen LogP contribution in [0.2, 0.25) is 5.28 Å². The van der Waals surface area contributed by atoms with Gasteiger partial charge in [-0.15, -0.1) is 0 Å². The Bertz CT molecular complexity index is 536. The van der Waals surface area contributed by atoms with Gasteiger partial charge in [-0.2, -0.15) is 0 Å².